The summed E-state index contributed by atoms with van der Waals surface area (Å²) in [5.41, 5.74) is 5.46. The highest BCUT2D eigenvalue weighted by molar-refractivity contribution is 9.10. The van der Waals surface area contributed by atoms with Crippen LogP contribution in [0.3, 0.4) is 0 Å². The lowest BCUT2D eigenvalue weighted by Gasteiger charge is -2.30. The van der Waals surface area contributed by atoms with Crippen molar-refractivity contribution in [1.82, 2.24) is 4.31 Å². The molecule has 1 aliphatic rings. The maximum atomic E-state index is 12.7. The van der Waals surface area contributed by atoms with Crippen LogP contribution in [0.5, 0.6) is 0 Å². The zero-order valence-electron chi connectivity index (χ0n) is 10.4. The predicted octanol–water partition coefficient (Wildman–Crippen LogP) is 1.95. The van der Waals surface area contributed by atoms with Gasteiger partial charge in [-0.25, -0.2) is 8.42 Å². The fourth-order valence-corrected chi connectivity index (χ4v) is 5.28. The van der Waals surface area contributed by atoms with Gasteiger partial charge in [0.25, 0.3) is 0 Å². The molecule has 0 radical (unpaired) electrons. The number of nitrogens with two attached hydrogens (primary N) is 1. The van der Waals surface area contributed by atoms with Gasteiger partial charge >= 0.3 is 0 Å². The van der Waals surface area contributed by atoms with E-state index in [1.807, 2.05) is 13.8 Å². The van der Waals surface area contributed by atoms with E-state index < -0.39 is 15.6 Å². The molecule has 2 rings (SSSR count). The maximum absolute atomic E-state index is 12.7. The second kappa shape index (κ2) is 4.59. The Hall–Kier alpha value is -0.430. The number of hydrogen-bond acceptors (Lipinski definition) is 3. The first-order chi connectivity index (χ1) is 8.25. The van der Waals surface area contributed by atoms with Gasteiger partial charge in [-0.3, -0.25) is 0 Å². The number of rotatable bonds is 2. The van der Waals surface area contributed by atoms with E-state index in [0.29, 0.717) is 22.3 Å². The molecule has 0 aliphatic carbocycles. The molecule has 4 nitrogen and oxygen atoms in total. The molecule has 1 saturated heterocycles. The highest BCUT2D eigenvalue weighted by atomic mass is 79.9. The van der Waals surface area contributed by atoms with Gasteiger partial charge in [-0.05, 0) is 48.3 Å². The summed E-state index contributed by atoms with van der Waals surface area (Å²) >= 11 is 3.29. The molecule has 0 amide bonds. The molecule has 100 valence electrons. The first kappa shape index (κ1) is 14.0. The van der Waals surface area contributed by atoms with E-state index in [1.54, 1.807) is 24.3 Å². The highest BCUT2D eigenvalue weighted by Gasteiger charge is 2.44. The molecule has 18 heavy (non-hydrogen) atoms. The van der Waals surface area contributed by atoms with Gasteiger partial charge < -0.3 is 5.73 Å². The van der Waals surface area contributed by atoms with Gasteiger partial charge in [0.1, 0.15) is 0 Å². The van der Waals surface area contributed by atoms with E-state index in [-0.39, 0.29) is 6.04 Å². The van der Waals surface area contributed by atoms with Crippen LogP contribution >= 0.6 is 15.9 Å². The molecule has 1 aromatic carbocycles. The van der Waals surface area contributed by atoms with Crippen LogP contribution in [-0.4, -0.2) is 30.8 Å². The van der Waals surface area contributed by atoms with Gasteiger partial charge in [-0.2, -0.15) is 4.31 Å². The summed E-state index contributed by atoms with van der Waals surface area (Å²) in [6, 6.07) is 6.76. The van der Waals surface area contributed by atoms with Crippen LogP contribution < -0.4 is 5.73 Å². The van der Waals surface area contributed by atoms with Crippen LogP contribution in [0.2, 0.25) is 0 Å². The molecule has 0 aromatic heterocycles. The van der Waals surface area contributed by atoms with Gasteiger partial charge in [0.15, 0.2) is 0 Å². The Labute approximate surface area is 116 Å². The number of hydrogen-bond donors (Lipinski definition) is 1. The average Bonchev–Trinajstić information content (AvgIpc) is 2.53. The first-order valence-electron chi connectivity index (χ1n) is 5.78. The molecular formula is C12H17BrN2O2S. The predicted molar refractivity (Wildman–Crippen MR) is 74.7 cm³/mol. The van der Waals surface area contributed by atoms with Crippen molar-refractivity contribution in [3.8, 4) is 0 Å². The van der Waals surface area contributed by atoms with E-state index in [1.165, 1.54) is 4.31 Å². The Balaban J connectivity index is 2.48. The van der Waals surface area contributed by atoms with Crippen LogP contribution in [0.25, 0.3) is 0 Å². The second-order valence-corrected chi connectivity index (χ2v) is 7.93. The monoisotopic (exact) mass is 332 g/mol. The standard InChI is InChI=1S/C12H17BrN2O2S/c1-12(2)7-9(14)8-15(12)18(16,17)11-6-4-3-5-10(11)13/h3-6,9H,7-8,14H2,1-2H3. The minimum atomic E-state index is -3.50. The topological polar surface area (TPSA) is 63.4 Å². The Bertz CT molecular complexity index is 557. The van der Waals surface area contributed by atoms with Crippen molar-refractivity contribution in [2.45, 2.75) is 36.7 Å². The fourth-order valence-electron chi connectivity index (χ4n) is 2.46. The molecule has 1 atom stereocenters. The Kier molecular flexibility index (Phi) is 3.57. The van der Waals surface area contributed by atoms with Gasteiger partial charge in [0, 0.05) is 22.6 Å². The van der Waals surface area contributed by atoms with Gasteiger partial charge in [0.05, 0.1) is 4.90 Å². The van der Waals surface area contributed by atoms with Crippen molar-refractivity contribution in [1.29, 1.82) is 0 Å². The Morgan fingerprint density at radius 3 is 2.50 bits per heavy atom. The summed E-state index contributed by atoms with van der Waals surface area (Å²) in [5, 5.41) is 0. The zero-order chi connectivity index (χ0) is 13.6. The van der Waals surface area contributed by atoms with Crippen LogP contribution in [-0.2, 0) is 10.0 Å². The average molecular weight is 333 g/mol. The zero-order valence-corrected chi connectivity index (χ0v) is 12.8. The second-order valence-electron chi connectivity index (χ2n) is 5.24. The summed E-state index contributed by atoms with van der Waals surface area (Å²) < 4.78 is 27.4. The number of nitrogens with zero attached hydrogens (tertiary/aromatic N) is 1. The molecule has 1 aliphatic heterocycles. The number of benzene rings is 1. The SMILES string of the molecule is CC1(C)CC(N)CN1S(=O)(=O)c1ccccc1Br. The molecule has 2 N–H and O–H groups in total. The van der Waals surface area contributed by atoms with Crippen LogP contribution in [0, 0.1) is 0 Å². The quantitative estimate of drug-likeness (QED) is 0.900. The third-order valence-electron chi connectivity index (χ3n) is 3.24. The van der Waals surface area contributed by atoms with E-state index >= 15 is 0 Å². The van der Waals surface area contributed by atoms with Crippen molar-refractivity contribution in [2.75, 3.05) is 6.54 Å². The maximum Gasteiger partial charge on any atom is 0.244 e. The number of sulfonamides is 1. The van der Waals surface area contributed by atoms with Crippen molar-refractivity contribution in [3.63, 3.8) is 0 Å². The summed E-state index contributed by atoms with van der Waals surface area (Å²) in [4.78, 5) is 0.298. The third kappa shape index (κ3) is 2.34. The molecule has 1 heterocycles. The minimum absolute atomic E-state index is 0.0998. The lowest BCUT2D eigenvalue weighted by molar-refractivity contribution is 0.291. The van der Waals surface area contributed by atoms with Crippen molar-refractivity contribution < 1.29 is 8.42 Å². The normalized spacial score (nSPS) is 24.3. The van der Waals surface area contributed by atoms with E-state index in [4.69, 9.17) is 5.73 Å². The lowest BCUT2D eigenvalue weighted by atomic mass is 10.0. The van der Waals surface area contributed by atoms with E-state index in [9.17, 15) is 8.42 Å². The summed E-state index contributed by atoms with van der Waals surface area (Å²) in [6.45, 7) is 4.19. The van der Waals surface area contributed by atoms with Gasteiger partial charge in [0.2, 0.25) is 10.0 Å². The fraction of sp³-hybridized carbons (Fsp3) is 0.500. The Morgan fingerprint density at radius 1 is 1.39 bits per heavy atom. The van der Waals surface area contributed by atoms with Crippen molar-refractivity contribution >= 4 is 26.0 Å². The van der Waals surface area contributed by atoms with E-state index in [2.05, 4.69) is 15.9 Å². The molecule has 0 bridgehead atoms. The highest BCUT2D eigenvalue weighted by Crippen LogP contribution is 2.35. The molecule has 1 fully saturated rings. The molecule has 0 spiro atoms. The Morgan fingerprint density at radius 2 is 2.00 bits per heavy atom. The lowest BCUT2D eigenvalue weighted by Crippen LogP contribution is -2.42. The molecule has 6 heteroatoms. The van der Waals surface area contributed by atoms with Crippen molar-refractivity contribution in [3.05, 3.63) is 28.7 Å². The molecular weight excluding hydrogens is 316 g/mol. The molecule has 1 aromatic rings. The van der Waals surface area contributed by atoms with Crippen LogP contribution in [0.15, 0.2) is 33.6 Å². The minimum Gasteiger partial charge on any atom is -0.326 e. The first-order valence-corrected chi connectivity index (χ1v) is 8.01. The molecule has 1 unspecified atom stereocenters. The summed E-state index contributed by atoms with van der Waals surface area (Å²) in [6.07, 6.45) is 0.677. The summed E-state index contributed by atoms with van der Waals surface area (Å²) in [5.74, 6) is 0. The largest absolute Gasteiger partial charge is 0.326 e. The van der Waals surface area contributed by atoms with Gasteiger partial charge in [-0.1, -0.05) is 12.1 Å². The molecule has 0 saturated carbocycles. The van der Waals surface area contributed by atoms with Gasteiger partial charge in [-0.15, -0.1) is 0 Å². The number of halogens is 1. The van der Waals surface area contributed by atoms with Crippen LogP contribution in [0.1, 0.15) is 20.3 Å². The van der Waals surface area contributed by atoms with Crippen molar-refractivity contribution in [2.24, 2.45) is 5.73 Å². The smallest absolute Gasteiger partial charge is 0.244 e. The van der Waals surface area contributed by atoms with E-state index in [0.717, 1.165) is 0 Å². The van der Waals surface area contributed by atoms with Crippen LogP contribution in [0.4, 0.5) is 0 Å². The summed E-state index contributed by atoms with van der Waals surface area (Å²) in [7, 11) is -3.50. The third-order valence-corrected chi connectivity index (χ3v) is 6.33.